The average molecular weight is 279 g/mol. The van der Waals surface area contributed by atoms with Crippen molar-refractivity contribution in [1.29, 1.82) is 0 Å². The largest absolute Gasteiger partial charge is 0.497 e. The first-order valence-corrected chi connectivity index (χ1v) is 7.29. The molecule has 0 saturated carbocycles. The van der Waals surface area contributed by atoms with Crippen LogP contribution in [-0.2, 0) is 4.79 Å². The van der Waals surface area contributed by atoms with Crippen molar-refractivity contribution in [3.05, 3.63) is 24.3 Å². The zero-order chi connectivity index (χ0) is 14.8. The number of hydrogen-bond donors (Lipinski definition) is 1. The topological polar surface area (TPSA) is 47.6 Å². The summed E-state index contributed by atoms with van der Waals surface area (Å²) >= 11 is 0. The maximum absolute atomic E-state index is 12.0. The second-order valence-corrected chi connectivity index (χ2v) is 4.69. The normalized spacial score (nSPS) is 11.8. The zero-order valence-electron chi connectivity index (χ0n) is 12.6. The monoisotopic (exact) mass is 279 g/mol. The number of rotatable bonds is 9. The van der Waals surface area contributed by atoms with Crippen molar-refractivity contribution in [2.75, 3.05) is 13.7 Å². The number of carbonyl (C=O) groups excluding carboxylic acids is 1. The van der Waals surface area contributed by atoms with Crippen LogP contribution >= 0.6 is 0 Å². The number of amides is 1. The van der Waals surface area contributed by atoms with Crippen LogP contribution < -0.4 is 14.8 Å². The van der Waals surface area contributed by atoms with Crippen LogP contribution in [-0.4, -0.2) is 25.7 Å². The van der Waals surface area contributed by atoms with Crippen LogP contribution in [0.15, 0.2) is 24.3 Å². The third kappa shape index (κ3) is 5.51. The number of nitrogens with one attached hydrogen (secondary N) is 1. The minimum atomic E-state index is -0.440. The first-order chi connectivity index (χ1) is 9.71. The molecular formula is C16H25NO3. The first-order valence-electron chi connectivity index (χ1n) is 7.29. The Bertz CT molecular complexity index is 389. The summed E-state index contributed by atoms with van der Waals surface area (Å²) in [6, 6.07) is 7.26. The van der Waals surface area contributed by atoms with Crippen LogP contribution in [0.25, 0.3) is 0 Å². The lowest BCUT2D eigenvalue weighted by Gasteiger charge is -2.17. The Morgan fingerprint density at radius 2 is 1.80 bits per heavy atom. The molecule has 112 valence electrons. The molecule has 0 heterocycles. The van der Waals surface area contributed by atoms with Gasteiger partial charge in [-0.3, -0.25) is 4.79 Å². The summed E-state index contributed by atoms with van der Waals surface area (Å²) in [4.78, 5) is 12.0. The average Bonchev–Trinajstić information content (AvgIpc) is 2.49. The van der Waals surface area contributed by atoms with Gasteiger partial charge in [-0.15, -0.1) is 0 Å². The van der Waals surface area contributed by atoms with E-state index in [2.05, 4.69) is 12.2 Å². The van der Waals surface area contributed by atoms with E-state index in [9.17, 15) is 4.79 Å². The summed E-state index contributed by atoms with van der Waals surface area (Å²) in [5.74, 6) is 1.41. The molecule has 1 rings (SSSR count). The van der Waals surface area contributed by atoms with Crippen molar-refractivity contribution in [2.24, 2.45) is 0 Å². The smallest absolute Gasteiger partial charge is 0.261 e. The Balaban J connectivity index is 2.46. The molecule has 0 aliphatic rings. The van der Waals surface area contributed by atoms with Gasteiger partial charge in [0.25, 0.3) is 5.91 Å². The summed E-state index contributed by atoms with van der Waals surface area (Å²) in [6.45, 7) is 4.80. The van der Waals surface area contributed by atoms with Gasteiger partial charge >= 0.3 is 0 Å². The van der Waals surface area contributed by atoms with E-state index in [1.54, 1.807) is 7.11 Å². The van der Waals surface area contributed by atoms with Crippen LogP contribution in [0.1, 0.15) is 39.5 Å². The number of carbonyl (C=O) groups is 1. The maximum atomic E-state index is 12.0. The minimum absolute atomic E-state index is 0.0422. The van der Waals surface area contributed by atoms with Crippen LogP contribution in [0.3, 0.4) is 0 Å². The van der Waals surface area contributed by atoms with E-state index in [1.165, 1.54) is 0 Å². The summed E-state index contributed by atoms with van der Waals surface area (Å²) in [7, 11) is 1.62. The standard InChI is InChI=1S/C16H25NO3/c1-4-6-7-12-17-16(18)15(5-2)20-14-10-8-13(19-3)9-11-14/h8-11,15H,4-7,12H2,1-3H3,(H,17,18)/t15-/m0/s1. The molecule has 0 radical (unpaired) electrons. The van der Waals surface area contributed by atoms with Crippen molar-refractivity contribution >= 4 is 5.91 Å². The Morgan fingerprint density at radius 3 is 2.35 bits per heavy atom. The predicted octanol–water partition coefficient (Wildman–Crippen LogP) is 3.16. The highest BCUT2D eigenvalue weighted by Crippen LogP contribution is 2.18. The Labute approximate surface area is 121 Å². The maximum Gasteiger partial charge on any atom is 0.261 e. The van der Waals surface area contributed by atoms with Gasteiger partial charge in [-0.25, -0.2) is 0 Å². The fraction of sp³-hybridized carbons (Fsp3) is 0.562. The molecule has 0 spiro atoms. The molecule has 0 aliphatic heterocycles. The molecule has 1 amide bonds. The van der Waals surface area contributed by atoms with E-state index in [1.807, 2.05) is 31.2 Å². The van der Waals surface area contributed by atoms with Gasteiger partial charge in [0.05, 0.1) is 7.11 Å². The van der Waals surface area contributed by atoms with Gasteiger partial charge in [-0.2, -0.15) is 0 Å². The SMILES string of the molecule is CCCCCNC(=O)[C@H](CC)Oc1ccc(OC)cc1. The number of methoxy groups -OCH3 is 1. The lowest BCUT2D eigenvalue weighted by molar-refractivity contribution is -0.128. The molecule has 0 bridgehead atoms. The fourth-order valence-electron chi connectivity index (χ4n) is 1.84. The molecule has 1 aromatic carbocycles. The van der Waals surface area contributed by atoms with Gasteiger partial charge in [0.2, 0.25) is 0 Å². The summed E-state index contributed by atoms with van der Waals surface area (Å²) in [5, 5.41) is 2.92. The number of unbranched alkanes of at least 4 members (excludes halogenated alkanes) is 2. The summed E-state index contributed by atoms with van der Waals surface area (Å²) in [5.41, 5.74) is 0. The zero-order valence-corrected chi connectivity index (χ0v) is 12.6. The van der Waals surface area contributed by atoms with Gasteiger partial charge in [0.1, 0.15) is 11.5 Å². The second kappa shape index (κ2) is 9.23. The molecule has 4 nitrogen and oxygen atoms in total. The van der Waals surface area contributed by atoms with E-state index >= 15 is 0 Å². The third-order valence-electron chi connectivity index (χ3n) is 3.08. The highest BCUT2D eigenvalue weighted by atomic mass is 16.5. The van der Waals surface area contributed by atoms with Gasteiger partial charge in [-0.05, 0) is 37.1 Å². The van der Waals surface area contributed by atoms with Crippen LogP contribution in [0.4, 0.5) is 0 Å². The highest BCUT2D eigenvalue weighted by molar-refractivity contribution is 5.81. The van der Waals surface area contributed by atoms with Crippen LogP contribution in [0, 0.1) is 0 Å². The molecular weight excluding hydrogens is 254 g/mol. The second-order valence-electron chi connectivity index (χ2n) is 4.69. The van der Waals surface area contributed by atoms with E-state index < -0.39 is 6.10 Å². The quantitative estimate of drug-likeness (QED) is 0.706. The van der Waals surface area contributed by atoms with Gasteiger partial charge in [0.15, 0.2) is 6.10 Å². The number of ether oxygens (including phenoxy) is 2. The van der Waals surface area contributed by atoms with Crippen molar-refractivity contribution in [1.82, 2.24) is 5.32 Å². The molecule has 0 fully saturated rings. The van der Waals surface area contributed by atoms with E-state index in [0.717, 1.165) is 31.6 Å². The Morgan fingerprint density at radius 1 is 1.15 bits per heavy atom. The van der Waals surface area contributed by atoms with Crippen LogP contribution in [0.5, 0.6) is 11.5 Å². The third-order valence-corrected chi connectivity index (χ3v) is 3.08. The molecule has 0 aromatic heterocycles. The molecule has 1 N–H and O–H groups in total. The molecule has 0 aliphatic carbocycles. The summed E-state index contributed by atoms with van der Waals surface area (Å²) < 4.78 is 10.8. The first kappa shape index (κ1) is 16.3. The summed E-state index contributed by atoms with van der Waals surface area (Å²) in [6.07, 6.45) is 3.50. The van der Waals surface area contributed by atoms with E-state index in [0.29, 0.717) is 12.2 Å². The Hall–Kier alpha value is -1.71. The van der Waals surface area contributed by atoms with Crippen LogP contribution in [0.2, 0.25) is 0 Å². The lowest BCUT2D eigenvalue weighted by Crippen LogP contribution is -2.38. The van der Waals surface area contributed by atoms with Crippen molar-refractivity contribution in [2.45, 2.75) is 45.6 Å². The number of benzene rings is 1. The fourth-order valence-corrected chi connectivity index (χ4v) is 1.84. The Kier molecular flexibility index (Phi) is 7.55. The molecule has 0 saturated heterocycles. The lowest BCUT2D eigenvalue weighted by atomic mass is 10.2. The van der Waals surface area contributed by atoms with Gasteiger partial charge in [0, 0.05) is 6.54 Å². The predicted molar refractivity (Wildman–Crippen MR) is 80.2 cm³/mol. The highest BCUT2D eigenvalue weighted by Gasteiger charge is 2.17. The molecule has 20 heavy (non-hydrogen) atoms. The van der Waals surface area contributed by atoms with Crippen molar-refractivity contribution < 1.29 is 14.3 Å². The molecule has 1 aromatic rings. The molecule has 0 unspecified atom stereocenters. The van der Waals surface area contributed by atoms with Crippen molar-refractivity contribution in [3.8, 4) is 11.5 Å². The van der Waals surface area contributed by atoms with E-state index in [-0.39, 0.29) is 5.91 Å². The van der Waals surface area contributed by atoms with E-state index in [4.69, 9.17) is 9.47 Å². The van der Waals surface area contributed by atoms with Crippen molar-refractivity contribution in [3.63, 3.8) is 0 Å². The van der Waals surface area contributed by atoms with Gasteiger partial charge in [-0.1, -0.05) is 26.7 Å². The number of hydrogen-bond acceptors (Lipinski definition) is 3. The van der Waals surface area contributed by atoms with Gasteiger partial charge < -0.3 is 14.8 Å². The molecule has 4 heteroatoms. The molecule has 1 atom stereocenters. The minimum Gasteiger partial charge on any atom is -0.497 e.